The molecule has 0 amide bonds. The lowest BCUT2D eigenvalue weighted by Crippen LogP contribution is -2.64. The Morgan fingerprint density at radius 3 is 2.03 bits per heavy atom. The Balaban J connectivity index is 2.51. The maximum absolute atomic E-state index is 12.4. The Morgan fingerprint density at radius 2 is 1.53 bits per heavy atom. The maximum atomic E-state index is 12.4. The summed E-state index contributed by atoms with van der Waals surface area (Å²) in [6.45, 7) is 2.99. The van der Waals surface area contributed by atoms with Crippen LogP contribution in [0.25, 0.3) is 0 Å². The van der Waals surface area contributed by atoms with Crippen molar-refractivity contribution in [3.8, 4) is 5.75 Å². The molecular formula is C20H25NO11. The van der Waals surface area contributed by atoms with Crippen molar-refractivity contribution in [1.82, 2.24) is 0 Å². The monoisotopic (exact) mass is 455 g/mol. The number of benzene rings is 1. The number of aliphatic hydroxyl groups excluding tert-OH is 1. The van der Waals surface area contributed by atoms with Crippen LogP contribution in [0.1, 0.15) is 26.3 Å². The zero-order valence-electron chi connectivity index (χ0n) is 17.9. The summed E-state index contributed by atoms with van der Waals surface area (Å²) in [5.41, 5.74) is 6.57. The molecule has 0 aliphatic carbocycles. The van der Waals surface area contributed by atoms with Gasteiger partial charge < -0.3 is 39.3 Å². The molecule has 2 rings (SSSR count). The second-order valence-electron chi connectivity index (χ2n) is 6.82. The number of ether oxygens (including phenoxy) is 6. The molecule has 1 aromatic carbocycles. The van der Waals surface area contributed by atoms with Gasteiger partial charge in [-0.15, -0.1) is 0 Å². The molecule has 0 spiro atoms. The maximum Gasteiger partial charge on any atom is 0.339 e. The standard InChI is InChI=1S/C20H25NO11/c1-9(23)28-15-16(29-10(2)24)18(30-11(3)25)20(32-17(15)19(26)27-4)31-14-6-5-12(8-22)7-13(14)21/h5-7,15-18,20,22H,8,21H2,1-4H3/t15-,16-,17?,18?,20+/m0/s1. The number of nitrogens with two attached hydrogens (primary N) is 1. The Bertz CT molecular complexity index is 871. The van der Waals surface area contributed by atoms with E-state index in [4.69, 9.17) is 34.2 Å². The Hall–Kier alpha value is -3.38. The van der Waals surface area contributed by atoms with Crippen molar-refractivity contribution in [1.29, 1.82) is 0 Å². The number of anilines is 1. The van der Waals surface area contributed by atoms with Gasteiger partial charge in [0.2, 0.25) is 12.4 Å². The molecule has 1 heterocycles. The fraction of sp³-hybridized carbons (Fsp3) is 0.500. The molecule has 1 aliphatic rings. The highest BCUT2D eigenvalue weighted by Gasteiger charge is 2.55. The molecule has 1 saturated heterocycles. The average Bonchev–Trinajstić information content (AvgIpc) is 2.71. The lowest BCUT2D eigenvalue weighted by molar-refractivity contribution is -0.282. The lowest BCUT2D eigenvalue weighted by Gasteiger charge is -2.43. The molecule has 1 fully saturated rings. The van der Waals surface area contributed by atoms with Gasteiger partial charge in [-0.3, -0.25) is 14.4 Å². The first-order chi connectivity index (χ1) is 15.1. The third kappa shape index (κ3) is 6.08. The molecule has 3 N–H and O–H groups in total. The predicted octanol–water partition coefficient (Wildman–Crippen LogP) is -0.167. The van der Waals surface area contributed by atoms with E-state index in [0.717, 1.165) is 27.9 Å². The quantitative estimate of drug-likeness (QED) is 0.317. The van der Waals surface area contributed by atoms with Crippen molar-refractivity contribution in [2.24, 2.45) is 0 Å². The van der Waals surface area contributed by atoms with E-state index >= 15 is 0 Å². The molecule has 2 unspecified atom stereocenters. The van der Waals surface area contributed by atoms with Gasteiger partial charge in [-0.2, -0.15) is 0 Å². The number of esters is 4. The molecule has 5 atom stereocenters. The van der Waals surface area contributed by atoms with E-state index in [1.807, 2.05) is 0 Å². The van der Waals surface area contributed by atoms with E-state index in [9.17, 15) is 24.3 Å². The van der Waals surface area contributed by atoms with Gasteiger partial charge in [0, 0.05) is 20.8 Å². The van der Waals surface area contributed by atoms with Gasteiger partial charge >= 0.3 is 23.9 Å². The van der Waals surface area contributed by atoms with Crippen molar-refractivity contribution in [2.75, 3.05) is 12.8 Å². The van der Waals surface area contributed by atoms with Crippen molar-refractivity contribution in [3.05, 3.63) is 23.8 Å². The molecular weight excluding hydrogens is 430 g/mol. The van der Waals surface area contributed by atoms with Gasteiger partial charge in [0.15, 0.2) is 18.3 Å². The zero-order valence-corrected chi connectivity index (χ0v) is 17.9. The van der Waals surface area contributed by atoms with Gasteiger partial charge in [0.1, 0.15) is 5.75 Å². The minimum Gasteiger partial charge on any atom is -0.467 e. The summed E-state index contributed by atoms with van der Waals surface area (Å²) in [7, 11) is 1.08. The third-order valence-electron chi connectivity index (χ3n) is 4.33. The third-order valence-corrected chi connectivity index (χ3v) is 4.33. The molecule has 176 valence electrons. The molecule has 32 heavy (non-hydrogen) atoms. The number of rotatable bonds is 7. The topological polar surface area (TPSA) is 170 Å². The Labute approximate surface area is 183 Å². The minimum absolute atomic E-state index is 0.0699. The number of hydrogen-bond acceptors (Lipinski definition) is 12. The highest BCUT2D eigenvalue weighted by molar-refractivity contribution is 5.77. The van der Waals surface area contributed by atoms with Gasteiger partial charge in [-0.25, -0.2) is 4.79 Å². The molecule has 12 heteroatoms. The summed E-state index contributed by atoms with van der Waals surface area (Å²) in [6.07, 6.45) is -7.51. The van der Waals surface area contributed by atoms with Crippen LogP contribution in [0.5, 0.6) is 5.75 Å². The fourth-order valence-electron chi connectivity index (χ4n) is 3.10. The van der Waals surface area contributed by atoms with Gasteiger partial charge in [0.25, 0.3) is 0 Å². The second kappa shape index (κ2) is 10.8. The molecule has 1 aromatic rings. The van der Waals surface area contributed by atoms with Crippen LogP contribution < -0.4 is 10.5 Å². The summed E-state index contributed by atoms with van der Waals surface area (Å²) >= 11 is 0. The first-order valence-corrected chi connectivity index (χ1v) is 9.48. The summed E-state index contributed by atoms with van der Waals surface area (Å²) in [5, 5.41) is 9.24. The molecule has 0 aromatic heterocycles. The van der Waals surface area contributed by atoms with Crippen LogP contribution in [-0.2, 0) is 49.5 Å². The SMILES string of the molecule is COC(=O)C1O[C@@H](Oc2ccc(CO)cc2N)C(OC(C)=O)[C@@H](OC(C)=O)[C@@H]1OC(C)=O. The Morgan fingerprint density at radius 1 is 0.969 bits per heavy atom. The number of nitrogen functional groups attached to an aromatic ring is 1. The first-order valence-electron chi connectivity index (χ1n) is 9.48. The van der Waals surface area contributed by atoms with Crippen LogP contribution in [0.3, 0.4) is 0 Å². The molecule has 0 radical (unpaired) electrons. The van der Waals surface area contributed by atoms with Gasteiger partial charge in [-0.1, -0.05) is 6.07 Å². The van der Waals surface area contributed by atoms with Crippen molar-refractivity contribution in [3.63, 3.8) is 0 Å². The number of carbonyl (C=O) groups excluding carboxylic acids is 4. The van der Waals surface area contributed by atoms with E-state index in [2.05, 4.69) is 0 Å². The number of aliphatic hydroxyl groups is 1. The highest BCUT2D eigenvalue weighted by Crippen LogP contribution is 2.33. The van der Waals surface area contributed by atoms with Crippen LogP contribution in [0.4, 0.5) is 5.69 Å². The summed E-state index contributed by atoms with van der Waals surface area (Å²) in [6, 6.07) is 4.40. The van der Waals surface area contributed by atoms with Crippen molar-refractivity contribution in [2.45, 2.75) is 58.1 Å². The van der Waals surface area contributed by atoms with Gasteiger partial charge in [0.05, 0.1) is 19.4 Å². The van der Waals surface area contributed by atoms with Crippen LogP contribution in [0.2, 0.25) is 0 Å². The van der Waals surface area contributed by atoms with E-state index < -0.39 is 54.6 Å². The predicted molar refractivity (Wildman–Crippen MR) is 105 cm³/mol. The van der Waals surface area contributed by atoms with E-state index in [1.165, 1.54) is 18.2 Å². The lowest BCUT2D eigenvalue weighted by atomic mass is 9.97. The Kier molecular flexibility index (Phi) is 8.38. The molecule has 1 aliphatic heterocycles. The normalized spacial score (nSPS) is 24.7. The summed E-state index contributed by atoms with van der Waals surface area (Å²) in [5.74, 6) is -3.28. The van der Waals surface area contributed by atoms with E-state index in [-0.39, 0.29) is 18.0 Å². The van der Waals surface area contributed by atoms with Gasteiger partial charge in [-0.05, 0) is 17.7 Å². The second-order valence-corrected chi connectivity index (χ2v) is 6.82. The highest BCUT2D eigenvalue weighted by atomic mass is 16.7. The first kappa shape index (κ1) is 24.9. The summed E-state index contributed by atoms with van der Waals surface area (Å²) in [4.78, 5) is 47.6. The van der Waals surface area contributed by atoms with Crippen molar-refractivity contribution < 1.29 is 52.7 Å². The molecule has 0 bridgehead atoms. The van der Waals surface area contributed by atoms with Crippen molar-refractivity contribution >= 4 is 29.6 Å². The van der Waals surface area contributed by atoms with Crippen LogP contribution in [0.15, 0.2) is 18.2 Å². The number of hydrogen-bond donors (Lipinski definition) is 2. The number of methoxy groups -OCH3 is 1. The van der Waals surface area contributed by atoms with Crippen LogP contribution in [-0.4, -0.2) is 66.8 Å². The fourth-order valence-corrected chi connectivity index (χ4v) is 3.10. The van der Waals surface area contributed by atoms with Crippen LogP contribution in [0, 0.1) is 0 Å². The smallest absolute Gasteiger partial charge is 0.339 e. The van der Waals surface area contributed by atoms with E-state index in [1.54, 1.807) is 0 Å². The van der Waals surface area contributed by atoms with E-state index in [0.29, 0.717) is 5.56 Å². The number of carbonyl (C=O) groups is 4. The zero-order chi connectivity index (χ0) is 24.0. The summed E-state index contributed by atoms with van der Waals surface area (Å²) < 4.78 is 31.8. The van der Waals surface area contributed by atoms with Crippen LogP contribution >= 0.6 is 0 Å². The molecule has 0 saturated carbocycles. The largest absolute Gasteiger partial charge is 0.467 e. The average molecular weight is 455 g/mol. The minimum atomic E-state index is -1.58. The molecule has 12 nitrogen and oxygen atoms in total.